The van der Waals surface area contributed by atoms with Gasteiger partial charge in [0.2, 0.25) is 5.95 Å². The Morgan fingerprint density at radius 1 is 1.45 bits per heavy atom. The number of imidazole rings is 1. The average molecular weight is 280 g/mol. The van der Waals surface area contributed by atoms with Gasteiger partial charge in [-0.05, 0) is 19.9 Å². The van der Waals surface area contributed by atoms with E-state index >= 15 is 0 Å². The highest BCUT2D eigenvalue weighted by Gasteiger charge is 2.19. The van der Waals surface area contributed by atoms with E-state index in [1.165, 1.54) is 6.07 Å². The number of aromatic amines is 1. The van der Waals surface area contributed by atoms with Crippen molar-refractivity contribution in [2.24, 2.45) is 0 Å². The van der Waals surface area contributed by atoms with Crippen molar-refractivity contribution in [1.29, 1.82) is 0 Å². The third-order valence-corrected chi connectivity index (χ3v) is 2.38. The number of nitrogens with one attached hydrogen (secondary N) is 1. The molecule has 0 saturated carbocycles. The van der Waals surface area contributed by atoms with Crippen molar-refractivity contribution >= 4 is 5.97 Å². The Hall–Kier alpha value is -2.84. The molecule has 0 saturated heterocycles. The molecular formula is C11H12N4O5. The lowest BCUT2D eigenvalue weighted by atomic mass is 10.3. The third kappa shape index (κ3) is 2.32. The first-order chi connectivity index (χ1) is 9.43. The van der Waals surface area contributed by atoms with Crippen LogP contribution in [0.15, 0.2) is 10.9 Å². The maximum absolute atomic E-state index is 11.6. The van der Waals surface area contributed by atoms with Crippen LogP contribution in [-0.2, 0) is 4.74 Å². The van der Waals surface area contributed by atoms with Crippen LogP contribution in [0.25, 0.3) is 5.95 Å². The van der Waals surface area contributed by atoms with Gasteiger partial charge in [0.05, 0.1) is 6.61 Å². The van der Waals surface area contributed by atoms with Crippen molar-refractivity contribution in [2.45, 2.75) is 13.8 Å². The van der Waals surface area contributed by atoms with E-state index in [9.17, 15) is 19.8 Å². The Morgan fingerprint density at radius 2 is 2.15 bits per heavy atom. The summed E-state index contributed by atoms with van der Waals surface area (Å²) in [6.45, 7) is 3.41. The molecule has 0 aliphatic heterocycles. The summed E-state index contributed by atoms with van der Waals surface area (Å²) in [6.07, 6.45) is 0. The molecular weight excluding hydrogens is 268 g/mol. The lowest BCUT2D eigenvalue weighted by molar-refractivity contribution is 0.0519. The second-order valence-electron chi connectivity index (χ2n) is 3.85. The van der Waals surface area contributed by atoms with Crippen molar-refractivity contribution in [3.63, 3.8) is 0 Å². The number of nitrogens with zero attached hydrogens (tertiary/aromatic N) is 3. The summed E-state index contributed by atoms with van der Waals surface area (Å²) < 4.78 is 5.45. The van der Waals surface area contributed by atoms with Crippen LogP contribution in [0.3, 0.4) is 0 Å². The number of carbonyl (C=O) groups excluding carboxylic acids is 1. The van der Waals surface area contributed by atoms with E-state index in [2.05, 4.69) is 9.97 Å². The fourth-order valence-electron chi connectivity index (χ4n) is 1.56. The van der Waals surface area contributed by atoms with Gasteiger partial charge in [-0.25, -0.2) is 19.6 Å². The van der Waals surface area contributed by atoms with E-state index in [1.54, 1.807) is 13.8 Å². The summed E-state index contributed by atoms with van der Waals surface area (Å²) in [5.74, 6) is -2.37. The summed E-state index contributed by atoms with van der Waals surface area (Å²) in [6, 6.07) is 1.39. The molecule has 0 aliphatic rings. The molecule has 9 nitrogen and oxygen atoms in total. The Labute approximate surface area is 112 Å². The average Bonchev–Trinajstić information content (AvgIpc) is 2.62. The van der Waals surface area contributed by atoms with Gasteiger partial charge in [0, 0.05) is 5.69 Å². The molecule has 3 N–H and O–H groups in total. The first-order valence-electron chi connectivity index (χ1n) is 5.70. The minimum absolute atomic E-state index is 0.0543. The lowest BCUT2D eigenvalue weighted by Gasteiger charge is -2.06. The largest absolute Gasteiger partial charge is 0.491 e. The molecule has 20 heavy (non-hydrogen) atoms. The number of aromatic hydroxyl groups is 2. The van der Waals surface area contributed by atoms with E-state index in [1.807, 2.05) is 4.98 Å². The Bertz CT molecular complexity index is 718. The molecule has 0 aromatic carbocycles. The minimum atomic E-state index is -0.833. The molecule has 0 bridgehead atoms. The van der Waals surface area contributed by atoms with Crippen molar-refractivity contribution < 1.29 is 19.7 Å². The van der Waals surface area contributed by atoms with Gasteiger partial charge >= 0.3 is 11.7 Å². The molecule has 2 aromatic rings. The molecule has 0 aliphatic carbocycles. The summed E-state index contributed by atoms with van der Waals surface area (Å²) >= 11 is 0. The highest BCUT2D eigenvalue weighted by atomic mass is 16.5. The van der Waals surface area contributed by atoms with E-state index in [0.29, 0.717) is 10.3 Å². The second-order valence-corrected chi connectivity index (χ2v) is 3.85. The topological polar surface area (TPSA) is 130 Å². The van der Waals surface area contributed by atoms with Gasteiger partial charge < -0.3 is 14.9 Å². The number of hydrogen-bond donors (Lipinski definition) is 3. The standard InChI is InChI=1S/C11H12N4O5/c1-3-20-9(18)6-4-5(2)12-10(13-6)15-8(17)7(16)14-11(15)19/h4,16-17H,3H2,1-2H3,(H,14,19). The molecule has 0 atom stereocenters. The zero-order chi connectivity index (χ0) is 14.9. The number of rotatable bonds is 3. The van der Waals surface area contributed by atoms with E-state index in [4.69, 9.17) is 4.74 Å². The van der Waals surface area contributed by atoms with Crippen LogP contribution in [0.2, 0.25) is 0 Å². The van der Waals surface area contributed by atoms with Gasteiger partial charge in [-0.15, -0.1) is 0 Å². The number of H-pyrrole nitrogens is 1. The van der Waals surface area contributed by atoms with Crippen molar-refractivity contribution in [2.75, 3.05) is 6.61 Å². The zero-order valence-corrected chi connectivity index (χ0v) is 10.7. The van der Waals surface area contributed by atoms with Crippen molar-refractivity contribution in [3.05, 3.63) is 27.9 Å². The van der Waals surface area contributed by atoms with E-state index < -0.39 is 23.4 Å². The van der Waals surface area contributed by atoms with Gasteiger partial charge in [0.25, 0.3) is 11.8 Å². The Balaban J connectivity index is 2.58. The maximum Gasteiger partial charge on any atom is 0.357 e. The van der Waals surface area contributed by atoms with E-state index in [-0.39, 0.29) is 18.2 Å². The number of esters is 1. The Morgan fingerprint density at radius 3 is 2.70 bits per heavy atom. The molecule has 0 fully saturated rings. The molecule has 106 valence electrons. The fourth-order valence-corrected chi connectivity index (χ4v) is 1.56. The molecule has 0 amide bonds. The van der Waals surface area contributed by atoms with Crippen LogP contribution in [0.4, 0.5) is 0 Å². The van der Waals surface area contributed by atoms with Crippen LogP contribution in [0, 0.1) is 6.92 Å². The molecule has 9 heteroatoms. The van der Waals surface area contributed by atoms with Crippen LogP contribution >= 0.6 is 0 Å². The van der Waals surface area contributed by atoms with Crippen LogP contribution < -0.4 is 5.69 Å². The number of aromatic nitrogens is 4. The molecule has 2 rings (SSSR count). The highest BCUT2D eigenvalue weighted by Crippen LogP contribution is 2.21. The van der Waals surface area contributed by atoms with Gasteiger partial charge in [-0.3, -0.25) is 4.98 Å². The molecule has 2 heterocycles. The van der Waals surface area contributed by atoms with Crippen molar-refractivity contribution in [1.82, 2.24) is 19.5 Å². The predicted octanol–water partition coefficient (Wildman–Crippen LogP) is -0.148. The fraction of sp³-hybridized carbons (Fsp3) is 0.273. The third-order valence-electron chi connectivity index (χ3n) is 2.38. The maximum atomic E-state index is 11.6. The first-order valence-corrected chi connectivity index (χ1v) is 5.70. The summed E-state index contributed by atoms with van der Waals surface area (Å²) in [4.78, 5) is 33.0. The van der Waals surface area contributed by atoms with Crippen molar-refractivity contribution in [3.8, 4) is 17.7 Å². The minimum Gasteiger partial charge on any atom is -0.491 e. The quantitative estimate of drug-likeness (QED) is 0.666. The number of ether oxygens (including phenoxy) is 1. The highest BCUT2D eigenvalue weighted by molar-refractivity contribution is 5.87. The van der Waals surface area contributed by atoms with Crippen LogP contribution in [-0.4, -0.2) is 42.3 Å². The molecule has 0 unspecified atom stereocenters. The normalized spacial score (nSPS) is 10.5. The van der Waals surface area contributed by atoms with E-state index in [0.717, 1.165) is 0 Å². The summed E-state index contributed by atoms with van der Waals surface area (Å²) in [7, 11) is 0. The SMILES string of the molecule is CCOC(=O)c1cc(C)nc(-n2c(O)c(O)[nH]c2=O)n1. The summed E-state index contributed by atoms with van der Waals surface area (Å²) in [5, 5.41) is 18.8. The second kappa shape index (κ2) is 5.03. The molecule has 0 spiro atoms. The molecule has 2 aromatic heterocycles. The first kappa shape index (κ1) is 13.6. The number of hydrogen-bond acceptors (Lipinski definition) is 7. The van der Waals surface area contributed by atoms with Gasteiger partial charge in [-0.1, -0.05) is 0 Å². The Kier molecular flexibility index (Phi) is 3.42. The van der Waals surface area contributed by atoms with Gasteiger partial charge in [-0.2, -0.15) is 4.57 Å². The van der Waals surface area contributed by atoms with Crippen LogP contribution in [0.5, 0.6) is 11.8 Å². The molecule has 0 radical (unpaired) electrons. The van der Waals surface area contributed by atoms with Gasteiger partial charge in [0.1, 0.15) is 0 Å². The van der Waals surface area contributed by atoms with Crippen LogP contribution in [0.1, 0.15) is 23.1 Å². The van der Waals surface area contributed by atoms with Gasteiger partial charge in [0.15, 0.2) is 5.69 Å². The summed E-state index contributed by atoms with van der Waals surface area (Å²) in [5.41, 5.74) is -0.494. The number of aryl methyl sites for hydroxylation is 1. The smallest absolute Gasteiger partial charge is 0.357 e. The lowest BCUT2D eigenvalue weighted by Crippen LogP contribution is -2.19. The predicted molar refractivity (Wildman–Crippen MR) is 66.0 cm³/mol. The monoisotopic (exact) mass is 280 g/mol. The number of carbonyl (C=O) groups is 1. The zero-order valence-electron chi connectivity index (χ0n) is 10.7.